The molecule has 2 fully saturated rings. The van der Waals surface area contributed by atoms with Gasteiger partial charge in [0.1, 0.15) is 17.1 Å². The Labute approximate surface area is 227 Å². The summed E-state index contributed by atoms with van der Waals surface area (Å²) < 4.78 is 78.5. The summed E-state index contributed by atoms with van der Waals surface area (Å²) in [5.74, 6) is -5.51. The molecule has 1 aromatic carbocycles. The number of benzene rings is 1. The van der Waals surface area contributed by atoms with Gasteiger partial charge in [-0.2, -0.15) is 13.2 Å². The number of amides is 2. The van der Waals surface area contributed by atoms with Crippen molar-refractivity contribution in [1.29, 1.82) is 0 Å². The number of aliphatic hydroxyl groups excluding tert-OH is 1. The van der Waals surface area contributed by atoms with E-state index in [0.29, 0.717) is 11.3 Å². The Morgan fingerprint density at radius 1 is 1.25 bits per heavy atom. The maximum atomic E-state index is 15.3. The fraction of sp³-hybridized carbons (Fsp3) is 0.522. The molecule has 3 atom stereocenters. The summed E-state index contributed by atoms with van der Waals surface area (Å²) in [6.07, 6.45) is -8.52. The molecular weight excluding hydrogens is 571 g/mol. The summed E-state index contributed by atoms with van der Waals surface area (Å²) in [6.45, 7) is -1.79. The van der Waals surface area contributed by atoms with Gasteiger partial charge in [-0.1, -0.05) is 11.3 Å². The lowest BCUT2D eigenvalue weighted by Crippen LogP contribution is -2.50. The molecule has 2 aromatic rings. The number of ether oxygens (including phenoxy) is 2. The van der Waals surface area contributed by atoms with Gasteiger partial charge in [-0.25, -0.2) is 13.6 Å². The summed E-state index contributed by atoms with van der Waals surface area (Å²) in [7, 11) is 0.986. The number of carbonyl (C=O) groups is 3. The average molecular weight is 595 g/mol. The lowest BCUT2D eigenvalue weighted by Gasteiger charge is -2.31. The van der Waals surface area contributed by atoms with Crippen LogP contribution in [0.25, 0.3) is 10.6 Å². The lowest BCUT2D eigenvalue weighted by molar-refractivity contribution is -0.196. The van der Waals surface area contributed by atoms with Crippen molar-refractivity contribution in [2.75, 3.05) is 13.6 Å². The van der Waals surface area contributed by atoms with Crippen molar-refractivity contribution in [3.8, 4) is 16.3 Å². The smallest absolute Gasteiger partial charge is 0.406 e. The second-order valence-corrected chi connectivity index (χ2v) is 10.5. The second-order valence-electron chi connectivity index (χ2n) is 9.42. The van der Waals surface area contributed by atoms with Crippen molar-refractivity contribution in [3.63, 3.8) is 0 Å². The van der Waals surface area contributed by atoms with Crippen LogP contribution in [0.2, 0.25) is 0 Å². The molecule has 2 amide bonds. The van der Waals surface area contributed by atoms with Crippen molar-refractivity contribution in [2.24, 2.45) is 0 Å². The van der Waals surface area contributed by atoms with Gasteiger partial charge in [0.2, 0.25) is 18.6 Å². The van der Waals surface area contributed by atoms with Gasteiger partial charge in [0.15, 0.2) is 28.5 Å². The van der Waals surface area contributed by atoms with Crippen LogP contribution < -0.4 is 4.74 Å². The quantitative estimate of drug-likeness (QED) is 0.313. The van der Waals surface area contributed by atoms with E-state index in [1.807, 2.05) is 0 Å². The van der Waals surface area contributed by atoms with E-state index in [1.165, 1.54) is 0 Å². The van der Waals surface area contributed by atoms with E-state index in [0.717, 1.165) is 35.4 Å². The number of hydrogen-bond donors (Lipinski definition) is 2. The molecule has 2 aliphatic rings. The van der Waals surface area contributed by atoms with E-state index in [4.69, 9.17) is 14.6 Å². The van der Waals surface area contributed by atoms with E-state index in [2.05, 4.69) is 10.2 Å². The maximum Gasteiger partial charge on any atom is 0.406 e. The fourth-order valence-corrected chi connectivity index (χ4v) is 5.19. The first-order valence-corrected chi connectivity index (χ1v) is 12.6. The van der Waals surface area contributed by atoms with Crippen molar-refractivity contribution in [2.45, 2.75) is 62.4 Å². The number of aliphatic hydroxyl groups is 1. The average Bonchev–Trinajstić information content (AvgIpc) is 3.54. The first-order valence-electron chi connectivity index (χ1n) is 11.8. The van der Waals surface area contributed by atoms with Gasteiger partial charge in [0.05, 0.1) is 18.2 Å². The zero-order valence-corrected chi connectivity index (χ0v) is 21.5. The number of hydrogen-bond acceptors (Lipinski definition) is 9. The number of rotatable bonds is 10. The fourth-order valence-electron chi connectivity index (χ4n) is 4.33. The van der Waals surface area contributed by atoms with Gasteiger partial charge in [-0.05, 0) is 25.0 Å². The van der Waals surface area contributed by atoms with E-state index < -0.39 is 66.0 Å². The molecule has 1 aliphatic heterocycles. The largest absolute Gasteiger partial charge is 0.479 e. The third-order valence-electron chi connectivity index (χ3n) is 6.41. The summed E-state index contributed by atoms with van der Waals surface area (Å²) in [5, 5.41) is 26.8. The number of likely N-dealkylation sites (N-methyl/N-ethyl adjacent to an activating group) is 1. The van der Waals surface area contributed by atoms with Gasteiger partial charge in [0, 0.05) is 19.9 Å². The maximum absolute atomic E-state index is 15.3. The van der Waals surface area contributed by atoms with Crippen molar-refractivity contribution in [3.05, 3.63) is 28.8 Å². The highest BCUT2D eigenvalue weighted by Crippen LogP contribution is 2.44. The molecule has 4 rings (SSSR count). The summed E-state index contributed by atoms with van der Waals surface area (Å²) in [5.41, 5.74) is -1.72. The van der Waals surface area contributed by atoms with Gasteiger partial charge >= 0.3 is 12.1 Å². The molecule has 1 aromatic heterocycles. The molecule has 2 N–H and O–H groups in total. The van der Waals surface area contributed by atoms with E-state index in [1.54, 1.807) is 0 Å². The zero-order valence-electron chi connectivity index (χ0n) is 20.7. The molecule has 1 unspecified atom stereocenters. The highest BCUT2D eigenvalue weighted by molar-refractivity contribution is 7.14. The number of carbonyl (C=O) groups excluding carboxylic acids is 2. The van der Waals surface area contributed by atoms with Gasteiger partial charge < -0.3 is 29.5 Å². The van der Waals surface area contributed by atoms with Crippen LogP contribution in [0, 0.1) is 11.6 Å². The monoisotopic (exact) mass is 594 g/mol. The molecule has 0 bridgehead atoms. The first-order chi connectivity index (χ1) is 18.7. The Hall–Kier alpha value is -3.44. The molecule has 0 spiro atoms. The van der Waals surface area contributed by atoms with Gasteiger partial charge in [-0.3, -0.25) is 9.59 Å². The first kappa shape index (κ1) is 29.5. The third kappa shape index (κ3) is 6.31. The Balaban J connectivity index is 1.51. The Morgan fingerprint density at radius 2 is 1.95 bits per heavy atom. The second kappa shape index (κ2) is 11.2. The topological polar surface area (TPSA) is 142 Å². The van der Waals surface area contributed by atoms with Crippen LogP contribution in [0.3, 0.4) is 0 Å². The van der Waals surface area contributed by atoms with E-state index in [-0.39, 0.29) is 47.8 Å². The van der Waals surface area contributed by atoms with Gasteiger partial charge in [-0.15, -0.1) is 10.2 Å². The number of carboxylic acids is 1. The predicted octanol–water partition coefficient (Wildman–Crippen LogP) is 2.32. The van der Waals surface area contributed by atoms with Gasteiger partial charge in [0.25, 0.3) is 0 Å². The summed E-state index contributed by atoms with van der Waals surface area (Å²) >= 11 is 0.789. The van der Waals surface area contributed by atoms with Crippen LogP contribution in [-0.2, 0) is 25.7 Å². The Morgan fingerprint density at radius 3 is 2.55 bits per heavy atom. The van der Waals surface area contributed by atoms with Crippen molar-refractivity contribution < 1.29 is 56.0 Å². The highest BCUT2D eigenvalue weighted by Gasteiger charge is 2.56. The molecule has 11 nitrogen and oxygen atoms in total. The molecule has 2 heterocycles. The van der Waals surface area contributed by atoms with E-state index >= 15 is 4.39 Å². The molecule has 17 heteroatoms. The van der Waals surface area contributed by atoms with E-state index in [9.17, 15) is 37.1 Å². The number of halogens is 5. The normalized spacial score (nSPS) is 21.9. The lowest BCUT2D eigenvalue weighted by atomic mass is 10.1. The molecule has 1 saturated carbocycles. The predicted molar refractivity (Wildman–Crippen MR) is 125 cm³/mol. The van der Waals surface area contributed by atoms with Crippen molar-refractivity contribution >= 4 is 29.6 Å². The molecular formula is C23H23F5N4O7S. The van der Waals surface area contributed by atoms with Crippen LogP contribution in [-0.4, -0.2) is 92.3 Å². The number of aliphatic carboxylic acids is 1. The minimum atomic E-state index is -4.62. The Bertz CT molecular complexity index is 1290. The summed E-state index contributed by atoms with van der Waals surface area (Å²) in [6, 6.07) is 1.92. The SMILES string of the molecule is CN(CC(F)(F)F)C(=O)C1(N(C=O)Cc2nnc(-c3ccc(F)c(O[C@H]4CC(O)C[C@@H](C(=O)O)O4)c3F)s2)CC1. The number of alkyl halides is 3. The number of carboxylic acid groups (broad SMARTS) is 1. The number of nitrogens with zero attached hydrogens (tertiary/aromatic N) is 4. The minimum Gasteiger partial charge on any atom is -0.479 e. The van der Waals surface area contributed by atoms with Crippen LogP contribution in [0.4, 0.5) is 22.0 Å². The number of aromatic nitrogens is 2. The standard InChI is InChI=1S/C23H23F5N4O7S/c1-31(9-23(26,27)28)21(37)22(4-5-22)32(10-33)8-15-29-30-19(40-15)12-2-3-13(24)18(17(12)25)39-16-7-11(34)6-14(38-16)20(35)36/h2-3,10-11,14,16,34H,4-9H2,1H3,(H,35,36)/t11?,14-,16-/m0/s1. The molecule has 1 saturated heterocycles. The highest BCUT2D eigenvalue weighted by atomic mass is 32.1. The molecule has 40 heavy (non-hydrogen) atoms. The van der Waals surface area contributed by atoms with Crippen molar-refractivity contribution in [1.82, 2.24) is 20.0 Å². The van der Waals surface area contributed by atoms with Crippen LogP contribution >= 0.6 is 11.3 Å². The third-order valence-corrected chi connectivity index (χ3v) is 7.35. The molecule has 218 valence electrons. The molecule has 1 aliphatic carbocycles. The van der Waals surface area contributed by atoms with Crippen LogP contribution in [0.1, 0.15) is 30.7 Å². The zero-order chi connectivity index (χ0) is 29.4. The summed E-state index contributed by atoms with van der Waals surface area (Å²) in [4.78, 5) is 37.3. The molecule has 0 radical (unpaired) electrons. The van der Waals surface area contributed by atoms with Crippen LogP contribution in [0.15, 0.2) is 12.1 Å². The minimum absolute atomic E-state index is 0.0680. The Kier molecular flexibility index (Phi) is 8.28. The van der Waals surface area contributed by atoms with Crippen LogP contribution in [0.5, 0.6) is 5.75 Å².